The van der Waals surface area contributed by atoms with Gasteiger partial charge in [-0.15, -0.1) is 0 Å². The molecule has 0 saturated heterocycles. The number of aryl methyl sites for hydroxylation is 2. The first-order valence-electron chi connectivity index (χ1n) is 8.13. The molecular formula is C20H21N3O2. The van der Waals surface area contributed by atoms with Crippen LogP contribution in [0.3, 0.4) is 0 Å². The molecule has 1 aromatic heterocycles. The number of carbonyl (C=O) groups is 1. The minimum atomic E-state index is -0.152. The van der Waals surface area contributed by atoms with E-state index in [1.807, 2.05) is 75.5 Å². The first-order valence-corrected chi connectivity index (χ1v) is 8.13. The fraction of sp³-hybridized carbons (Fsp3) is 0.200. The van der Waals surface area contributed by atoms with E-state index < -0.39 is 0 Å². The zero-order chi connectivity index (χ0) is 17.8. The van der Waals surface area contributed by atoms with Gasteiger partial charge >= 0.3 is 0 Å². The Morgan fingerprint density at radius 3 is 2.36 bits per heavy atom. The second-order valence-corrected chi connectivity index (χ2v) is 5.92. The fourth-order valence-corrected chi connectivity index (χ4v) is 2.67. The predicted molar refractivity (Wildman–Crippen MR) is 97.9 cm³/mol. The third-order valence-electron chi connectivity index (χ3n) is 4.10. The number of hydrogen-bond acceptors (Lipinski definition) is 3. The summed E-state index contributed by atoms with van der Waals surface area (Å²) in [5, 5.41) is 7.18. The Morgan fingerprint density at radius 2 is 1.76 bits per heavy atom. The number of amides is 1. The number of anilines is 1. The van der Waals surface area contributed by atoms with Gasteiger partial charge in [-0.05, 0) is 43.7 Å². The summed E-state index contributed by atoms with van der Waals surface area (Å²) in [4.78, 5) is 12.5. The van der Waals surface area contributed by atoms with E-state index in [2.05, 4.69) is 10.4 Å². The number of carbonyl (C=O) groups excluding carboxylic acids is 1. The van der Waals surface area contributed by atoms with E-state index in [0.29, 0.717) is 12.2 Å². The summed E-state index contributed by atoms with van der Waals surface area (Å²) in [5.74, 6) is 0.608. The molecule has 0 bridgehead atoms. The summed E-state index contributed by atoms with van der Waals surface area (Å²) in [5.41, 5.74) is 4.02. The molecule has 0 aliphatic rings. The summed E-state index contributed by atoms with van der Waals surface area (Å²) in [6.45, 7) is 4.23. The molecule has 1 amide bonds. The average Bonchev–Trinajstić information content (AvgIpc) is 2.87. The lowest BCUT2D eigenvalue weighted by atomic mass is 10.2. The molecule has 0 unspecified atom stereocenters. The van der Waals surface area contributed by atoms with E-state index in [0.717, 1.165) is 28.4 Å². The van der Waals surface area contributed by atoms with E-state index >= 15 is 0 Å². The normalized spacial score (nSPS) is 10.5. The number of ether oxygens (including phenoxy) is 1. The zero-order valence-corrected chi connectivity index (χ0v) is 14.6. The van der Waals surface area contributed by atoms with Crippen LogP contribution >= 0.6 is 0 Å². The number of hydrogen-bond donors (Lipinski definition) is 1. The Balaban J connectivity index is 1.63. The number of aromatic nitrogens is 2. The minimum Gasteiger partial charge on any atom is -0.489 e. The molecule has 1 heterocycles. The Kier molecular flexibility index (Phi) is 4.84. The molecule has 5 heteroatoms. The highest BCUT2D eigenvalue weighted by Gasteiger charge is 2.17. The predicted octanol–water partition coefficient (Wildman–Crippen LogP) is 3.87. The SMILES string of the molecule is Cc1nn(C)c(C)c1C(=O)Nc1ccc(OCc2ccccc2)cc1. The van der Waals surface area contributed by atoms with E-state index in [9.17, 15) is 4.79 Å². The maximum Gasteiger partial charge on any atom is 0.259 e. The summed E-state index contributed by atoms with van der Waals surface area (Å²) in [7, 11) is 1.83. The Bertz CT molecular complexity index is 868. The van der Waals surface area contributed by atoms with Gasteiger partial charge in [0.1, 0.15) is 12.4 Å². The van der Waals surface area contributed by atoms with Crippen LogP contribution < -0.4 is 10.1 Å². The van der Waals surface area contributed by atoms with Crippen molar-refractivity contribution in [2.24, 2.45) is 7.05 Å². The average molecular weight is 335 g/mol. The number of nitrogens with one attached hydrogen (secondary N) is 1. The third-order valence-corrected chi connectivity index (χ3v) is 4.10. The highest BCUT2D eigenvalue weighted by molar-refractivity contribution is 6.05. The lowest BCUT2D eigenvalue weighted by molar-refractivity contribution is 0.102. The van der Waals surface area contributed by atoms with Crippen LogP contribution in [0.1, 0.15) is 27.3 Å². The monoisotopic (exact) mass is 335 g/mol. The summed E-state index contributed by atoms with van der Waals surface area (Å²) in [6.07, 6.45) is 0. The highest BCUT2D eigenvalue weighted by atomic mass is 16.5. The Morgan fingerprint density at radius 1 is 1.08 bits per heavy atom. The second-order valence-electron chi connectivity index (χ2n) is 5.92. The number of benzene rings is 2. The van der Waals surface area contributed by atoms with Crippen LogP contribution in [0.5, 0.6) is 5.75 Å². The molecule has 0 aliphatic carbocycles. The topological polar surface area (TPSA) is 56.2 Å². The highest BCUT2D eigenvalue weighted by Crippen LogP contribution is 2.19. The van der Waals surface area contributed by atoms with Crippen LogP contribution in [0.4, 0.5) is 5.69 Å². The van der Waals surface area contributed by atoms with Crippen molar-refractivity contribution in [3.8, 4) is 5.75 Å². The molecule has 3 aromatic rings. The standard InChI is InChI=1S/C20H21N3O2/c1-14-19(15(2)23(3)22-14)20(24)21-17-9-11-18(12-10-17)25-13-16-7-5-4-6-8-16/h4-12H,13H2,1-3H3,(H,21,24). The summed E-state index contributed by atoms with van der Waals surface area (Å²) >= 11 is 0. The first-order chi connectivity index (χ1) is 12.0. The molecule has 3 rings (SSSR count). The van der Waals surface area contributed by atoms with Gasteiger partial charge < -0.3 is 10.1 Å². The van der Waals surface area contributed by atoms with Gasteiger partial charge in [0.2, 0.25) is 0 Å². The van der Waals surface area contributed by atoms with Gasteiger partial charge in [-0.3, -0.25) is 9.48 Å². The van der Waals surface area contributed by atoms with Gasteiger partial charge in [-0.25, -0.2) is 0 Å². The van der Waals surface area contributed by atoms with E-state index in [1.54, 1.807) is 4.68 Å². The van der Waals surface area contributed by atoms with Crippen molar-refractivity contribution in [1.29, 1.82) is 0 Å². The van der Waals surface area contributed by atoms with E-state index in [1.165, 1.54) is 0 Å². The number of rotatable bonds is 5. The smallest absolute Gasteiger partial charge is 0.259 e. The van der Waals surface area contributed by atoms with Crippen molar-refractivity contribution in [2.75, 3.05) is 5.32 Å². The van der Waals surface area contributed by atoms with Crippen LogP contribution in [0, 0.1) is 13.8 Å². The molecule has 2 aromatic carbocycles. The quantitative estimate of drug-likeness (QED) is 0.770. The third kappa shape index (κ3) is 3.88. The molecule has 5 nitrogen and oxygen atoms in total. The van der Waals surface area contributed by atoms with Crippen molar-refractivity contribution in [3.05, 3.63) is 77.1 Å². The van der Waals surface area contributed by atoms with Crippen molar-refractivity contribution in [2.45, 2.75) is 20.5 Å². The van der Waals surface area contributed by atoms with Gasteiger partial charge in [0.25, 0.3) is 5.91 Å². The molecule has 0 radical (unpaired) electrons. The van der Waals surface area contributed by atoms with E-state index in [-0.39, 0.29) is 5.91 Å². The van der Waals surface area contributed by atoms with Crippen LogP contribution in [0.15, 0.2) is 54.6 Å². The van der Waals surface area contributed by atoms with Gasteiger partial charge in [0.15, 0.2) is 0 Å². The largest absolute Gasteiger partial charge is 0.489 e. The molecular weight excluding hydrogens is 314 g/mol. The first kappa shape index (κ1) is 16.8. The molecule has 0 spiro atoms. The minimum absolute atomic E-state index is 0.152. The summed E-state index contributed by atoms with van der Waals surface area (Å²) < 4.78 is 7.47. The lowest BCUT2D eigenvalue weighted by Crippen LogP contribution is -2.14. The fourth-order valence-electron chi connectivity index (χ4n) is 2.67. The zero-order valence-electron chi connectivity index (χ0n) is 14.6. The van der Waals surface area contributed by atoms with Gasteiger partial charge in [0.05, 0.1) is 11.3 Å². The van der Waals surface area contributed by atoms with Crippen LogP contribution in [-0.4, -0.2) is 15.7 Å². The maximum atomic E-state index is 12.5. The molecule has 0 aliphatic heterocycles. The van der Waals surface area contributed by atoms with Crippen LogP contribution in [0.25, 0.3) is 0 Å². The Hall–Kier alpha value is -3.08. The van der Waals surface area contributed by atoms with Crippen molar-refractivity contribution in [1.82, 2.24) is 9.78 Å². The van der Waals surface area contributed by atoms with Gasteiger partial charge in [0, 0.05) is 18.4 Å². The van der Waals surface area contributed by atoms with E-state index in [4.69, 9.17) is 4.74 Å². The Labute approximate surface area is 147 Å². The summed E-state index contributed by atoms with van der Waals surface area (Å²) in [6, 6.07) is 17.4. The molecule has 1 N–H and O–H groups in total. The lowest BCUT2D eigenvalue weighted by Gasteiger charge is -2.09. The molecule has 0 atom stereocenters. The maximum absolute atomic E-state index is 12.5. The number of nitrogens with zero attached hydrogens (tertiary/aromatic N) is 2. The van der Waals surface area contributed by atoms with Crippen molar-refractivity contribution < 1.29 is 9.53 Å². The van der Waals surface area contributed by atoms with Crippen LogP contribution in [0.2, 0.25) is 0 Å². The van der Waals surface area contributed by atoms with Crippen molar-refractivity contribution in [3.63, 3.8) is 0 Å². The van der Waals surface area contributed by atoms with Crippen molar-refractivity contribution >= 4 is 11.6 Å². The molecule has 0 fully saturated rings. The van der Waals surface area contributed by atoms with Crippen LogP contribution in [-0.2, 0) is 13.7 Å². The van der Waals surface area contributed by atoms with Gasteiger partial charge in [-0.1, -0.05) is 30.3 Å². The molecule has 0 saturated carbocycles. The molecule has 128 valence electrons. The molecule has 25 heavy (non-hydrogen) atoms. The van der Waals surface area contributed by atoms with Gasteiger partial charge in [-0.2, -0.15) is 5.10 Å². The second kappa shape index (κ2) is 7.21.